The van der Waals surface area contributed by atoms with E-state index in [0.29, 0.717) is 114 Å². The molecule has 20 nitrogen and oxygen atoms in total. The second-order valence-electron chi connectivity index (χ2n) is 16.0. The minimum Gasteiger partial charge on any atom is -0.497 e. The van der Waals surface area contributed by atoms with Crippen molar-refractivity contribution in [3.63, 3.8) is 0 Å². The van der Waals surface area contributed by atoms with Gasteiger partial charge in [-0.05, 0) is 49.8 Å². The average Bonchev–Trinajstić information content (AvgIpc) is 3.88. The van der Waals surface area contributed by atoms with Crippen LogP contribution in [0.15, 0.2) is 36.9 Å². The zero-order valence-corrected chi connectivity index (χ0v) is 38.5. The van der Waals surface area contributed by atoms with E-state index in [0.717, 1.165) is 18.4 Å². The van der Waals surface area contributed by atoms with Crippen molar-refractivity contribution in [2.45, 2.75) is 88.7 Å². The molecule has 1 aromatic carbocycles. The molecule has 364 valence electrons. The van der Waals surface area contributed by atoms with Gasteiger partial charge in [-0.25, -0.2) is 19.7 Å². The van der Waals surface area contributed by atoms with Gasteiger partial charge in [0.2, 0.25) is 5.91 Å². The normalized spacial score (nSPS) is 17.3. The SMILES string of the molecule is C#CCCCCC(=O)CCCOCCOCCNC(=O)NCCOCCOCCCC(=O)C[C@@H](Cc1ccc(OC)cc1)C(=O)N[C@H]1[C@@H](O)[C@H](n2cnc3c(N(C)C)ncnc32)O[C@@H]1CO. The molecule has 1 fully saturated rings. The number of nitrogens with one attached hydrogen (secondary N) is 3. The predicted octanol–water partition coefficient (Wildman–Crippen LogP) is 2.14. The van der Waals surface area contributed by atoms with Crippen LogP contribution in [0.3, 0.4) is 0 Å². The highest BCUT2D eigenvalue weighted by Gasteiger charge is 2.46. The zero-order chi connectivity index (χ0) is 47.5. The molecule has 0 aliphatic carbocycles. The number of terminal acetylenes is 1. The van der Waals surface area contributed by atoms with Crippen LogP contribution in [0, 0.1) is 18.3 Å². The van der Waals surface area contributed by atoms with Crippen LogP contribution in [0.25, 0.3) is 11.2 Å². The Kier molecular flexibility index (Phi) is 24.3. The fraction of sp³-hybridized carbons (Fsp3) is 0.630. The van der Waals surface area contributed by atoms with Crippen molar-refractivity contribution in [3.8, 4) is 18.1 Å². The number of benzene rings is 1. The number of Topliss-reactive ketones (excluding diaryl/α,β-unsaturated/α-hetero) is 2. The van der Waals surface area contributed by atoms with Crippen molar-refractivity contribution in [3.05, 3.63) is 42.5 Å². The first kappa shape index (κ1) is 53.3. The minimum atomic E-state index is -1.29. The third-order valence-corrected chi connectivity index (χ3v) is 10.7. The van der Waals surface area contributed by atoms with Crippen molar-refractivity contribution >= 4 is 40.5 Å². The number of hydrogen-bond acceptors (Lipinski definition) is 16. The molecule has 3 heterocycles. The van der Waals surface area contributed by atoms with E-state index in [1.807, 2.05) is 26.2 Å². The maximum Gasteiger partial charge on any atom is 0.314 e. The molecule has 20 heteroatoms. The highest BCUT2D eigenvalue weighted by molar-refractivity contribution is 5.87. The Morgan fingerprint density at radius 3 is 2.08 bits per heavy atom. The summed E-state index contributed by atoms with van der Waals surface area (Å²) in [5, 5.41) is 30.0. The van der Waals surface area contributed by atoms with Gasteiger partial charge in [0.1, 0.15) is 35.9 Å². The molecule has 0 saturated carbocycles. The molecular formula is C46H68N8O12. The first-order valence-corrected chi connectivity index (χ1v) is 22.6. The fourth-order valence-electron chi connectivity index (χ4n) is 7.22. The second kappa shape index (κ2) is 30.1. The van der Waals surface area contributed by atoms with E-state index in [1.54, 1.807) is 28.7 Å². The van der Waals surface area contributed by atoms with Crippen LogP contribution >= 0.6 is 0 Å². The van der Waals surface area contributed by atoms with Gasteiger partial charge in [0.25, 0.3) is 0 Å². The molecular weight excluding hydrogens is 857 g/mol. The number of aliphatic hydroxyl groups excluding tert-OH is 2. The number of imidazole rings is 1. The van der Waals surface area contributed by atoms with Gasteiger partial charge in [0.05, 0.1) is 65.7 Å². The van der Waals surface area contributed by atoms with Gasteiger partial charge < -0.3 is 59.5 Å². The van der Waals surface area contributed by atoms with Crippen molar-refractivity contribution in [2.75, 3.05) is 98.7 Å². The Morgan fingerprint density at radius 1 is 0.848 bits per heavy atom. The summed E-state index contributed by atoms with van der Waals surface area (Å²) in [7, 11) is 5.21. The Bertz CT molecular complexity index is 1960. The number of urea groups is 1. The minimum absolute atomic E-state index is 0.0579. The predicted molar refractivity (Wildman–Crippen MR) is 244 cm³/mol. The smallest absolute Gasteiger partial charge is 0.314 e. The molecule has 0 spiro atoms. The Hall–Kier alpha value is -5.27. The highest BCUT2D eigenvalue weighted by Crippen LogP contribution is 2.33. The lowest BCUT2D eigenvalue weighted by Crippen LogP contribution is -2.50. The molecule has 3 amide bonds. The number of hydrogen-bond donors (Lipinski definition) is 5. The third kappa shape index (κ3) is 18.2. The summed E-state index contributed by atoms with van der Waals surface area (Å²) in [4.78, 5) is 65.9. The van der Waals surface area contributed by atoms with Crippen LogP contribution in [-0.2, 0) is 44.5 Å². The summed E-state index contributed by atoms with van der Waals surface area (Å²) in [5.74, 6) is 2.65. The number of fused-ring (bicyclic) bond motifs is 1. The van der Waals surface area contributed by atoms with Crippen molar-refractivity contribution < 1.29 is 57.8 Å². The van der Waals surface area contributed by atoms with E-state index in [1.165, 1.54) is 12.7 Å². The first-order chi connectivity index (χ1) is 32.1. The second-order valence-corrected chi connectivity index (χ2v) is 16.0. The number of rotatable bonds is 34. The van der Waals surface area contributed by atoms with Gasteiger partial charge in [-0.15, -0.1) is 12.3 Å². The Balaban J connectivity index is 1.09. The number of carbonyl (C=O) groups is 4. The zero-order valence-electron chi connectivity index (χ0n) is 38.5. The molecule has 66 heavy (non-hydrogen) atoms. The van der Waals surface area contributed by atoms with Crippen molar-refractivity contribution in [1.29, 1.82) is 0 Å². The summed E-state index contributed by atoms with van der Waals surface area (Å²) in [5.41, 5.74) is 1.72. The molecule has 4 rings (SSSR count). The Morgan fingerprint density at radius 2 is 1.47 bits per heavy atom. The maximum atomic E-state index is 13.9. The molecule has 5 N–H and O–H groups in total. The van der Waals surface area contributed by atoms with E-state index in [-0.39, 0.29) is 43.5 Å². The number of anilines is 1. The van der Waals surface area contributed by atoms with E-state index in [9.17, 15) is 29.4 Å². The average molecular weight is 925 g/mol. The number of unbranched alkanes of at least 4 members (excludes halogenated alkanes) is 2. The maximum absolute atomic E-state index is 13.9. The van der Waals surface area contributed by atoms with Crippen molar-refractivity contribution in [1.82, 2.24) is 35.5 Å². The van der Waals surface area contributed by atoms with E-state index >= 15 is 0 Å². The van der Waals surface area contributed by atoms with Gasteiger partial charge >= 0.3 is 6.03 Å². The number of amides is 3. The quantitative estimate of drug-likeness (QED) is 0.0425. The van der Waals surface area contributed by atoms with E-state index in [4.69, 9.17) is 34.8 Å². The lowest BCUT2D eigenvalue weighted by Gasteiger charge is -2.24. The number of aromatic nitrogens is 4. The van der Waals surface area contributed by atoms with Gasteiger partial charge in [0, 0.05) is 78.4 Å². The number of ether oxygens (including phenoxy) is 6. The molecule has 0 unspecified atom stereocenters. The molecule has 1 aliphatic rings. The molecule has 5 atom stereocenters. The molecule has 0 radical (unpaired) electrons. The summed E-state index contributed by atoms with van der Waals surface area (Å²) >= 11 is 0. The number of nitrogens with zero attached hydrogens (tertiary/aromatic N) is 5. The van der Waals surface area contributed by atoms with E-state index in [2.05, 4.69) is 36.8 Å². The number of ketones is 2. The summed E-state index contributed by atoms with van der Waals surface area (Å²) < 4.78 is 35.0. The highest BCUT2D eigenvalue weighted by atomic mass is 16.5. The molecule has 1 saturated heterocycles. The van der Waals surface area contributed by atoms with Crippen LogP contribution in [0.2, 0.25) is 0 Å². The van der Waals surface area contributed by atoms with Gasteiger partial charge in [-0.2, -0.15) is 0 Å². The third-order valence-electron chi connectivity index (χ3n) is 10.7. The largest absolute Gasteiger partial charge is 0.497 e. The topological polar surface area (TPSA) is 247 Å². The van der Waals surface area contributed by atoms with Crippen LogP contribution in [0.1, 0.15) is 69.6 Å². The van der Waals surface area contributed by atoms with Crippen molar-refractivity contribution in [2.24, 2.45) is 5.92 Å². The van der Waals surface area contributed by atoms with Gasteiger partial charge in [-0.3, -0.25) is 19.0 Å². The fourth-order valence-corrected chi connectivity index (χ4v) is 7.22. The van der Waals surface area contributed by atoms with Crippen LogP contribution in [-0.4, -0.2) is 165 Å². The monoisotopic (exact) mass is 924 g/mol. The summed E-state index contributed by atoms with van der Waals surface area (Å²) in [6.07, 6.45) is 9.79. The molecule has 2 aromatic heterocycles. The van der Waals surface area contributed by atoms with Crippen LogP contribution < -0.4 is 25.6 Å². The van der Waals surface area contributed by atoms with E-state index < -0.39 is 42.9 Å². The number of carbonyl (C=O) groups excluding carboxylic acids is 4. The summed E-state index contributed by atoms with van der Waals surface area (Å²) in [6, 6.07) is 5.89. The molecule has 3 aromatic rings. The van der Waals surface area contributed by atoms with Crippen LogP contribution in [0.5, 0.6) is 5.75 Å². The Labute approximate surface area is 386 Å². The lowest BCUT2D eigenvalue weighted by atomic mass is 9.91. The van der Waals surface area contributed by atoms with Gasteiger partial charge in [-0.1, -0.05) is 12.1 Å². The molecule has 1 aliphatic heterocycles. The van der Waals surface area contributed by atoms with Crippen LogP contribution in [0.4, 0.5) is 10.6 Å². The summed E-state index contributed by atoms with van der Waals surface area (Å²) in [6.45, 7) is 2.98. The molecule has 0 bridgehead atoms. The standard InChI is InChI=1S/C46H68N8O12/c1-5-6-7-8-11-35(56)12-9-20-62-24-26-64-22-18-47-46(60)48-19-23-65-27-25-63-21-10-13-36(57)29-34(28-33-14-16-37(61-4)17-15-33)44(59)52-39-38(30-55)66-45(41(39)58)54-32-51-40-42(53(2)3)49-31-50-43(40)54/h1,14-17,31-32,34,38-39,41,45,55,58H,6-13,18-30H2,2-4H3,(H,52,59)(H2,47,48,60)/t34-,38-,39-,41-,45-/m1/s1. The number of methoxy groups -OCH3 is 1. The first-order valence-electron chi connectivity index (χ1n) is 22.6. The number of aliphatic hydroxyl groups is 2. The van der Waals surface area contributed by atoms with Gasteiger partial charge in [0.15, 0.2) is 23.2 Å². The lowest BCUT2D eigenvalue weighted by molar-refractivity contribution is -0.131.